The van der Waals surface area contributed by atoms with E-state index in [4.69, 9.17) is 5.11 Å². The van der Waals surface area contributed by atoms with Crippen molar-refractivity contribution in [2.45, 2.75) is 19.8 Å². The standard InChI is InChI=1S/C14H25N3O4/c1-10-8-11(10)14(21)15-5-4-12(18)17(9-13(19)20)7-6-16(2)3/h10-11H,4-9H2,1-3H3,(H,15,21)(H,19,20). The number of rotatable bonds is 9. The molecule has 1 fully saturated rings. The topological polar surface area (TPSA) is 90.0 Å². The molecule has 1 rings (SSSR count). The van der Waals surface area contributed by atoms with Gasteiger partial charge in [0.15, 0.2) is 0 Å². The third-order valence-corrected chi connectivity index (χ3v) is 3.58. The van der Waals surface area contributed by atoms with Gasteiger partial charge in [-0.05, 0) is 26.4 Å². The molecule has 0 bridgehead atoms. The van der Waals surface area contributed by atoms with Crippen LogP contribution in [-0.4, -0.2) is 73.0 Å². The van der Waals surface area contributed by atoms with Gasteiger partial charge in [-0.2, -0.15) is 0 Å². The van der Waals surface area contributed by atoms with Crippen molar-refractivity contribution in [2.75, 3.05) is 40.3 Å². The summed E-state index contributed by atoms with van der Waals surface area (Å²) in [6.45, 7) is 2.95. The van der Waals surface area contributed by atoms with Crippen molar-refractivity contribution in [3.63, 3.8) is 0 Å². The summed E-state index contributed by atoms with van der Waals surface area (Å²) in [5, 5.41) is 11.6. The molecule has 0 aromatic rings. The second kappa shape index (κ2) is 7.97. The van der Waals surface area contributed by atoms with Gasteiger partial charge in [-0.25, -0.2) is 0 Å². The first kappa shape index (κ1) is 17.4. The molecule has 2 atom stereocenters. The van der Waals surface area contributed by atoms with Gasteiger partial charge in [-0.15, -0.1) is 0 Å². The Morgan fingerprint density at radius 1 is 1.24 bits per heavy atom. The second-order valence-electron chi connectivity index (χ2n) is 5.87. The molecular weight excluding hydrogens is 274 g/mol. The maximum absolute atomic E-state index is 12.0. The van der Waals surface area contributed by atoms with E-state index in [2.05, 4.69) is 5.32 Å². The van der Waals surface area contributed by atoms with E-state index in [9.17, 15) is 14.4 Å². The normalized spacial score (nSPS) is 20.2. The Labute approximate surface area is 125 Å². The lowest BCUT2D eigenvalue weighted by Gasteiger charge is -2.22. The first-order valence-electron chi connectivity index (χ1n) is 7.23. The number of aliphatic carboxylic acids is 1. The van der Waals surface area contributed by atoms with Crippen molar-refractivity contribution in [2.24, 2.45) is 11.8 Å². The molecule has 0 radical (unpaired) electrons. The van der Waals surface area contributed by atoms with Crippen LogP contribution in [0.1, 0.15) is 19.8 Å². The summed E-state index contributed by atoms with van der Waals surface area (Å²) in [6.07, 6.45) is 1.04. The molecule has 7 heteroatoms. The number of carboxylic acid groups (broad SMARTS) is 1. The molecule has 0 heterocycles. The number of hydrogen-bond donors (Lipinski definition) is 2. The number of nitrogens with one attached hydrogen (secondary N) is 1. The number of amides is 2. The third-order valence-electron chi connectivity index (χ3n) is 3.58. The molecule has 1 aliphatic carbocycles. The molecule has 1 saturated carbocycles. The highest BCUT2D eigenvalue weighted by Gasteiger charge is 2.38. The van der Waals surface area contributed by atoms with E-state index in [1.54, 1.807) is 0 Å². The Hall–Kier alpha value is -1.63. The van der Waals surface area contributed by atoms with Crippen molar-refractivity contribution in [3.05, 3.63) is 0 Å². The van der Waals surface area contributed by atoms with Crippen LogP contribution in [0.25, 0.3) is 0 Å². The summed E-state index contributed by atoms with van der Waals surface area (Å²) in [5.74, 6) is -0.761. The van der Waals surface area contributed by atoms with Gasteiger partial charge in [0, 0.05) is 32.0 Å². The van der Waals surface area contributed by atoms with E-state index in [1.807, 2.05) is 25.9 Å². The molecule has 120 valence electrons. The van der Waals surface area contributed by atoms with E-state index < -0.39 is 5.97 Å². The molecule has 0 spiro atoms. The fraction of sp³-hybridized carbons (Fsp3) is 0.786. The van der Waals surface area contributed by atoms with Gasteiger partial charge in [0.25, 0.3) is 0 Å². The Morgan fingerprint density at radius 2 is 1.86 bits per heavy atom. The second-order valence-corrected chi connectivity index (χ2v) is 5.87. The van der Waals surface area contributed by atoms with Crippen LogP contribution in [0.5, 0.6) is 0 Å². The Kier molecular flexibility index (Phi) is 6.61. The maximum Gasteiger partial charge on any atom is 0.323 e. The molecule has 7 nitrogen and oxygen atoms in total. The van der Waals surface area contributed by atoms with Gasteiger partial charge in [0.05, 0.1) is 0 Å². The predicted molar refractivity (Wildman–Crippen MR) is 77.7 cm³/mol. The van der Waals surface area contributed by atoms with Gasteiger partial charge in [-0.3, -0.25) is 14.4 Å². The molecule has 1 aliphatic rings. The average molecular weight is 299 g/mol. The number of carbonyl (C=O) groups is 3. The molecule has 0 aromatic carbocycles. The third kappa shape index (κ3) is 6.57. The Morgan fingerprint density at radius 3 is 2.33 bits per heavy atom. The largest absolute Gasteiger partial charge is 0.480 e. The van der Waals surface area contributed by atoms with Crippen LogP contribution in [0, 0.1) is 11.8 Å². The van der Waals surface area contributed by atoms with Crippen LogP contribution in [0.4, 0.5) is 0 Å². The number of carboxylic acids is 1. The minimum absolute atomic E-state index is 0.00613. The lowest BCUT2D eigenvalue weighted by atomic mass is 10.3. The summed E-state index contributed by atoms with van der Waals surface area (Å²) in [7, 11) is 3.72. The van der Waals surface area contributed by atoms with Crippen LogP contribution < -0.4 is 5.32 Å². The molecule has 2 unspecified atom stereocenters. The zero-order chi connectivity index (χ0) is 16.0. The van der Waals surface area contributed by atoms with Crippen LogP contribution in [0.3, 0.4) is 0 Å². The van der Waals surface area contributed by atoms with E-state index >= 15 is 0 Å². The van der Waals surface area contributed by atoms with E-state index in [0.717, 1.165) is 6.42 Å². The minimum Gasteiger partial charge on any atom is -0.480 e. The summed E-state index contributed by atoms with van der Waals surface area (Å²) in [5.41, 5.74) is 0. The summed E-state index contributed by atoms with van der Waals surface area (Å²) in [6, 6.07) is 0. The van der Waals surface area contributed by atoms with Crippen molar-refractivity contribution in [1.29, 1.82) is 0 Å². The first-order valence-corrected chi connectivity index (χ1v) is 7.23. The fourth-order valence-corrected chi connectivity index (χ4v) is 2.05. The summed E-state index contributed by atoms with van der Waals surface area (Å²) < 4.78 is 0. The van der Waals surface area contributed by atoms with Crippen LogP contribution in [0.15, 0.2) is 0 Å². The first-order chi connectivity index (χ1) is 9.81. The fourth-order valence-electron chi connectivity index (χ4n) is 2.05. The van der Waals surface area contributed by atoms with Gasteiger partial charge in [-0.1, -0.05) is 6.92 Å². The van der Waals surface area contributed by atoms with E-state index in [1.165, 1.54) is 4.90 Å². The van der Waals surface area contributed by atoms with Crippen molar-refractivity contribution >= 4 is 17.8 Å². The number of likely N-dealkylation sites (N-methyl/N-ethyl adjacent to an activating group) is 1. The number of carbonyl (C=O) groups excluding carboxylic acids is 2. The molecule has 21 heavy (non-hydrogen) atoms. The monoisotopic (exact) mass is 299 g/mol. The van der Waals surface area contributed by atoms with Gasteiger partial charge < -0.3 is 20.2 Å². The highest BCUT2D eigenvalue weighted by molar-refractivity contribution is 5.83. The van der Waals surface area contributed by atoms with Crippen molar-refractivity contribution in [1.82, 2.24) is 15.1 Å². The predicted octanol–water partition coefficient (Wildman–Crippen LogP) is -0.376. The number of nitrogens with zero attached hydrogens (tertiary/aromatic N) is 2. The molecule has 0 saturated heterocycles. The maximum atomic E-state index is 12.0. The Bertz CT molecular complexity index is 398. The lowest BCUT2D eigenvalue weighted by molar-refractivity contribution is -0.144. The lowest BCUT2D eigenvalue weighted by Crippen LogP contribution is -2.41. The van der Waals surface area contributed by atoms with Crippen LogP contribution in [-0.2, 0) is 14.4 Å². The molecule has 2 amide bonds. The SMILES string of the molecule is CC1CC1C(=O)NCCC(=O)N(CCN(C)C)CC(=O)O. The molecular formula is C14H25N3O4. The van der Waals surface area contributed by atoms with Gasteiger partial charge in [0.1, 0.15) is 6.54 Å². The minimum atomic E-state index is -1.03. The zero-order valence-corrected chi connectivity index (χ0v) is 13.0. The summed E-state index contributed by atoms with van der Waals surface area (Å²) >= 11 is 0. The number of hydrogen-bond acceptors (Lipinski definition) is 4. The van der Waals surface area contributed by atoms with Crippen LogP contribution >= 0.6 is 0 Å². The Balaban J connectivity index is 2.33. The van der Waals surface area contributed by atoms with E-state index in [0.29, 0.717) is 19.0 Å². The van der Waals surface area contributed by atoms with Gasteiger partial charge >= 0.3 is 5.97 Å². The van der Waals surface area contributed by atoms with Crippen molar-refractivity contribution in [3.8, 4) is 0 Å². The highest BCUT2D eigenvalue weighted by Crippen LogP contribution is 2.37. The molecule has 0 aliphatic heterocycles. The van der Waals surface area contributed by atoms with E-state index in [-0.39, 0.29) is 37.2 Å². The molecule has 2 N–H and O–H groups in total. The van der Waals surface area contributed by atoms with Crippen molar-refractivity contribution < 1.29 is 19.5 Å². The van der Waals surface area contributed by atoms with Gasteiger partial charge in [0.2, 0.25) is 11.8 Å². The molecule has 0 aromatic heterocycles. The highest BCUT2D eigenvalue weighted by atomic mass is 16.4. The zero-order valence-electron chi connectivity index (χ0n) is 13.0. The van der Waals surface area contributed by atoms with Crippen LogP contribution in [0.2, 0.25) is 0 Å². The smallest absolute Gasteiger partial charge is 0.323 e. The summed E-state index contributed by atoms with van der Waals surface area (Å²) in [4.78, 5) is 37.6. The quantitative estimate of drug-likeness (QED) is 0.606. The average Bonchev–Trinajstić information content (AvgIpc) is 3.10.